The van der Waals surface area contributed by atoms with Crippen molar-refractivity contribution in [3.8, 4) is 0 Å². The van der Waals surface area contributed by atoms with Gasteiger partial charge in [-0.25, -0.2) is 4.39 Å². The lowest BCUT2D eigenvalue weighted by molar-refractivity contribution is 0.485. The van der Waals surface area contributed by atoms with Gasteiger partial charge in [0.25, 0.3) is 0 Å². The molecule has 0 amide bonds. The lowest BCUT2D eigenvalue weighted by Crippen LogP contribution is -1.94. The van der Waals surface area contributed by atoms with Crippen molar-refractivity contribution in [1.82, 2.24) is 0 Å². The monoisotopic (exact) mass is 136 g/mol. The molecule has 0 spiro atoms. The van der Waals surface area contributed by atoms with Gasteiger partial charge in [-0.05, 0) is 13.8 Å². The first kappa shape index (κ1) is 7.75. The molecule has 0 aliphatic heterocycles. The third-order valence-corrected chi connectivity index (χ3v) is 1.29. The second-order valence-electron chi connectivity index (χ2n) is 1.31. The molecule has 0 aromatic carbocycles. The number of hydrogen-bond acceptors (Lipinski definition) is 3. The van der Waals surface area contributed by atoms with Crippen molar-refractivity contribution in [2.75, 3.05) is 0 Å². The molecule has 48 valence electrons. The predicted octanol–water partition coefficient (Wildman–Crippen LogP) is 1.33. The molecule has 0 saturated carbocycles. The van der Waals surface area contributed by atoms with E-state index in [2.05, 4.69) is 5.10 Å². The number of hydrogen-bond donors (Lipinski definition) is 1. The zero-order valence-electron chi connectivity index (χ0n) is 4.89. The summed E-state index contributed by atoms with van der Waals surface area (Å²) in [5, 5.41) is 3.84. The number of nitrogens with zero attached hydrogens (tertiary/aromatic N) is 1. The molecule has 8 heavy (non-hydrogen) atoms. The van der Waals surface area contributed by atoms with Crippen LogP contribution in [0.3, 0.4) is 0 Å². The van der Waals surface area contributed by atoms with Gasteiger partial charge in [-0.1, -0.05) is 11.8 Å². The van der Waals surface area contributed by atoms with Crippen molar-refractivity contribution in [3.05, 3.63) is 0 Å². The van der Waals surface area contributed by atoms with E-state index in [9.17, 15) is 4.39 Å². The van der Waals surface area contributed by atoms with E-state index in [4.69, 9.17) is 5.84 Å². The summed E-state index contributed by atoms with van der Waals surface area (Å²) in [6, 6.07) is 0. The Kier molecular flexibility index (Phi) is 3.60. The van der Waals surface area contributed by atoms with Crippen LogP contribution >= 0.6 is 11.8 Å². The molecule has 0 rings (SSSR count). The third kappa shape index (κ3) is 3.92. The Labute approximate surface area is 52.3 Å². The summed E-state index contributed by atoms with van der Waals surface area (Å²) in [5.74, 6) is 4.82. The number of alkyl halides is 1. The highest BCUT2D eigenvalue weighted by Crippen LogP contribution is 2.11. The highest BCUT2D eigenvalue weighted by atomic mass is 32.2. The van der Waals surface area contributed by atoms with E-state index >= 15 is 0 Å². The molecule has 0 heterocycles. The van der Waals surface area contributed by atoms with Crippen LogP contribution in [-0.2, 0) is 0 Å². The van der Waals surface area contributed by atoms with Gasteiger partial charge in [0, 0.05) is 0 Å². The molecular weight excluding hydrogens is 127 g/mol. The Morgan fingerprint density at radius 2 is 2.38 bits per heavy atom. The largest absolute Gasteiger partial charge is 0.323 e. The van der Waals surface area contributed by atoms with Crippen LogP contribution in [0, 0.1) is 0 Å². The van der Waals surface area contributed by atoms with Gasteiger partial charge < -0.3 is 5.84 Å². The molecule has 0 aromatic rings. The molecule has 0 aromatic heterocycles. The van der Waals surface area contributed by atoms with Crippen molar-refractivity contribution < 1.29 is 4.39 Å². The molecule has 0 saturated heterocycles. The van der Waals surface area contributed by atoms with Crippen molar-refractivity contribution in [3.63, 3.8) is 0 Å². The lowest BCUT2D eigenvalue weighted by atomic mass is 10.9. The summed E-state index contributed by atoms with van der Waals surface area (Å²) in [5.41, 5.74) is -0.915. The molecule has 0 fully saturated rings. The molecular formula is C4H9FN2S. The van der Waals surface area contributed by atoms with E-state index in [0.29, 0.717) is 5.04 Å². The number of thioether (sulfide) groups is 1. The quantitative estimate of drug-likeness (QED) is 0.255. The van der Waals surface area contributed by atoms with Crippen molar-refractivity contribution in [2.45, 2.75) is 19.4 Å². The SMILES string of the molecule is CC(=NN)SC(C)F. The van der Waals surface area contributed by atoms with E-state index in [-0.39, 0.29) is 0 Å². The molecule has 2 nitrogen and oxygen atoms in total. The second-order valence-corrected chi connectivity index (χ2v) is 2.79. The highest BCUT2D eigenvalue weighted by Gasteiger charge is 1.98. The maximum absolute atomic E-state index is 12.0. The minimum absolute atomic E-state index is 0.569. The van der Waals surface area contributed by atoms with E-state index in [1.54, 1.807) is 6.92 Å². The first-order valence-electron chi connectivity index (χ1n) is 2.22. The van der Waals surface area contributed by atoms with Gasteiger partial charge >= 0.3 is 0 Å². The Hall–Kier alpha value is -0.250. The van der Waals surface area contributed by atoms with Crippen molar-refractivity contribution >= 4 is 16.8 Å². The second kappa shape index (κ2) is 3.72. The number of nitrogens with two attached hydrogens (primary N) is 1. The van der Waals surface area contributed by atoms with E-state index in [1.165, 1.54) is 6.92 Å². The predicted molar refractivity (Wildman–Crippen MR) is 35.5 cm³/mol. The molecule has 1 atom stereocenters. The third-order valence-electron chi connectivity index (χ3n) is 0.515. The summed E-state index contributed by atoms with van der Waals surface area (Å²) in [6.07, 6.45) is 0. The molecule has 0 radical (unpaired) electrons. The van der Waals surface area contributed by atoms with E-state index in [0.717, 1.165) is 11.8 Å². The van der Waals surface area contributed by atoms with Gasteiger partial charge in [0.05, 0.1) is 5.04 Å². The Bertz CT molecular complexity index is 92.0. The van der Waals surface area contributed by atoms with Crippen LogP contribution in [0.1, 0.15) is 13.8 Å². The molecule has 0 aliphatic carbocycles. The Morgan fingerprint density at radius 3 is 2.50 bits per heavy atom. The van der Waals surface area contributed by atoms with Crippen molar-refractivity contribution in [1.29, 1.82) is 0 Å². The van der Waals surface area contributed by atoms with Gasteiger partial charge in [-0.15, -0.1) is 0 Å². The summed E-state index contributed by atoms with van der Waals surface area (Å²) in [7, 11) is 0. The summed E-state index contributed by atoms with van der Waals surface area (Å²) >= 11 is 1.01. The highest BCUT2D eigenvalue weighted by molar-refractivity contribution is 8.14. The first-order chi connectivity index (χ1) is 3.66. The minimum Gasteiger partial charge on any atom is -0.323 e. The molecule has 4 heteroatoms. The lowest BCUT2D eigenvalue weighted by Gasteiger charge is -1.96. The van der Waals surface area contributed by atoms with Crippen LogP contribution in [-0.4, -0.2) is 10.5 Å². The maximum Gasteiger partial charge on any atom is 0.148 e. The van der Waals surface area contributed by atoms with E-state index in [1.807, 2.05) is 0 Å². The summed E-state index contributed by atoms with van der Waals surface area (Å²) in [4.78, 5) is 0. The van der Waals surface area contributed by atoms with Crippen LogP contribution in [0.5, 0.6) is 0 Å². The summed E-state index contributed by atoms with van der Waals surface area (Å²) in [6.45, 7) is 3.11. The normalized spacial score (nSPS) is 16.1. The standard InChI is InChI=1S/C4H9FN2S/c1-3(5)8-4(2)7-6/h3H,6H2,1-2H3. The fourth-order valence-electron chi connectivity index (χ4n) is 0.265. The fraction of sp³-hybridized carbons (Fsp3) is 0.750. The smallest absolute Gasteiger partial charge is 0.148 e. The molecule has 2 N–H and O–H groups in total. The number of halogens is 1. The van der Waals surface area contributed by atoms with Crippen LogP contribution in [0.15, 0.2) is 5.10 Å². The maximum atomic E-state index is 12.0. The van der Waals surface area contributed by atoms with Gasteiger partial charge in [-0.3, -0.25) is 0 Å². The first-order valence-corrected chi connectivity index (χ1v) is 3.10. The summed E-state index contributed by atoms with van der Waals surface area (Å²) < 4.78 is 12.0. The van der Waals surface area contributed by atoms with Gasteiger partial charge in [-0.2, -0.15) is 5.10 Å². The van der Waals surface area contributed by atoms with Crippen molar-refractivity contribution in [2.24, 2.45) is 10.9 Å². The number of hydrazone groups is 1. The van der Waals surface area contributed by atoms with Gasteiger partial charge in [0.2, 0.25) is 0 Å². The Morgan fingerprint density at radius 1 is 1.88 bits per heavy atom. The topological polar surface area (TPSA) is 38.4 Å². The zero-order chi connectivity index (χ0) is 6.57. The Balaban J connectivity index is 3.39. The molecule has 0 aliphatic rings. The average Bonchev–Trinajstić information content (AvgIpc) is 1.65. The molecule has 1 unspecified atom stereocenters. The van der Waals surface area contributed by atoms with Crippen LogP contribution in [0.2, 0.25) is 0 Å². The van der Waals surface area contributed by atoms with E-state index < -0.39 is 5.50 Å². The van der Waals surface area contributed by atoms with Crippen LogP contribution in [0.4, 0.5) is 4.39 Å². The number of rotatable bonds is 1. The fourth-order valence-corrected chi connectivity index (χ4v) is 0.796. The van der Waals surface area contributed by atoms with Gasteiger partial charge in [0.1, 0.15) is 5.50 Å². The zero-order valence-corrected chi connectivity index (χ0v) is 5.70. The molecule has 0 bridgehead atoms. The van der Waals surface area contributed by atoms with Crippen LogP contribution in [0.25, 0.3) is 0 Å². The average molecular weight is 136 g/mol. The van der Waals surface area contributed by atoms with Gasteiger partial charge in [0.15, 0.2) is 0 Å². The van der Waals surface area contributed by atoms with Crippen LogP contribution < -0.4 is 5.84 Å². The minimum atomic E-state index is -0.915.